The molecule has 2 N–H and O–H groups in total. The third-order valence-corrected chi connectivity index (χ3v) is 4.01. The number of guanidine groups is 1. The van der Waals surface area contributed by atoms with Crippen molar-refractivity contribution in [2.24, 2.45) is 10.9 Å². The molecule has 0 aromatic rings. The van der Waals surface area contributed by atoms with E-state index in [4.69, 9.17) is 0 Å². The number of nitrogens with zero attached hydrogens (tertiary/aromatic N) is 2. The van der Waals surface area contributed by atoms with Crippen LogP contribution in [0.5, 0.6) is 0 Å². The first kappa shape index (κ1) is 16.9. The van der Waals surface area contributed by atoms with Gasteiger partial charge in [0.05, 0.1) is 6.26 Å². The van der Waals surface area contributed by atoms with Crippen LogP contribution in [0.15, 0.2) is 4.99 Å². The van der Waals surface area contributed by atoms with Gasteiger partial charge in [-0.15, -0.1) is 24.0 Å². The number of hydrogen-bond acceptors (Lipinski definition) is 3. The quantitative estimate of drug-likeness (QED) is 0.402. The minimum Gasteiger partial charge on any atom is -0.359 e. The van der Waals surface area contributed by atoms with E-state index >= 15 is 0 Å². The third kappa shape index (κ3) is 5.38. The summed E-state index contributed by atoms with van der Waals surface area (Å²) >= 11 is 0. The lowest BCUT2D eigenvalue weighted by atomic mass is 10.1. The average molecular weight is 376 g/mol. The van der Waals surface area contributed by atoms with Gasteiger partial charge in [-0.2, -0.15) is 0 Å². The molecule has 1 fully saturated rings. The predicted molar refractivity (Wildman–Crippen MR) is 80.4 cm³/mol. The molecule has 0 amide bonds. The second-order valence-electron chi connectivity index (χ2n) is 3.98. The summed E-state index contributed by atoms with van der Waals surface area (Å²) in [4.78, 5) is 4.00. The lowest BCUT2D eigenvalue weighted by Crippen LogP contribution is -2.38. The van der Waals surface area contributed by atoms with Gasteiger partial charge in [-0.1, -0.05) is 0 Å². The van der Waals surface area contributed by atoms with Crippen molar-refractivity contribution in [2.75, 3.05) is 40.0 Å². The molecular weight excluding hydrogens is 355 g/mol. The fourth-order valence-electron chi connectivity index (χ4n) is 1.79. The first-order valence-corrected chi connectivity index (χ1v) is 7.15. The van der Waals surface area contributed by atoms with Crippen LogP contribution in [0.1, 0.15) is 6.42 Å². The monoisotopic (exact) mass is 376 g/mol. The van der Waals surface area contributed by atoms with Crippen LogP contribution in [0, 0.1) is 5.92 Å². The van der Waals surface area contributed by atoms with Gasteiger partial charge in [0.25, 0.3) is 0 Å². The highest BCUT2D eigenvalue weighted by atomic mass is 127. The van der Waals surface area contributed by atoms with Gasteiger partial charge in [0.2, 0.25) is 10.0 Å². The summed E-state index contributed by atoms with van der Waals surface area (Å²) in [5, 5.41) is 6.07. The minimum atomic E-state index is -3.03. The maximum atomic E-state index is 11.3. The van der Waals surface area contributed by atoms with Crippen LogP contribution in [-0.2, 0) is 10.0 Å². The SMILES string of the molecule is CN=C(NC)NCC1CCN(S(C)(=O)=O)C1.I. The Morgan fingerprint density at radius 2 is 2.18 bits per heavy atom. The summed E-state index contributed by atoms with van der Waals surface area (Å²) < 4.78 is 24.1. The zero-order valence-corrected chi connectivity index (χ0v) is 13.6. The molecule has 8 heteroatoms. The Hall–Kier alpha value is -0.0900. The van der Waals surface area contributed by atoms with Crippen molar-refractivity contribution in [3.8, 4) is 0 Å². The van der Waals surface area contributed by atoms with E-state index in [9.17, 15) is 8.42 Å². The van der Waals surface area contributed by atoms with Gasteiger partial charge >= 0.3 is 0 Å². The van der Waals surface area contributed by atoms with Gasteiger partial charge in [0, 0.05) is 33.7 Å². The molecule has 1 atom stereocenters. The van der Waals surface area contributed by atoms with E-state index in [1.54, 1.807) is 14.1 Å². The van der Waals surface area contributed by atoms with Crippen molar-refractivity contribution in [2.45, 2.75) is 6.42 Å². The molecule has 0 radical (unpaired) electrons. The van der Waals surface area contributed by atoms with Gasteiger partial charge in [-0.3, -0.25) is 4.99 Å². The Balaban J connectivity index is 0.00000256. The zero-order valence-electron chi connectivity index (χ0n) is 10.4. The van der Waals surface area contributed by atoms with Crippen LogP contribution >= 0.6 is 24.0 Å². The molecule has 1 heterocycles. The summed E-state index contributed by atoms with van der Waals surface area (Å²) in [6.07, 6.45) is 2.16. The molecule has 102 valence electrons. The summed E-state index contributed by atoms with van der Waals surface area (Å²) in [5.74, 6) is 1.10. The molecule has 1 saturated heterocycles. The molecule has 0 spiro atoms. The first-order chi connectivity index (χ1) is 7.47. The highest BCUT2D eigenvalue weighted by molar-refractivity contribution is 14.0. The normalized spacial score (nSPS) is 22.1. The fourth-order valence-corrected chi connectivity index (χ4v) is 2.70. The summed E-state index contributed by atoms with van der Waals surface area (Å²) in [5.41, 5.74) is 0. The van der Waals surface area contributed by atoms with E-state index < -0.39 is 10.0 Å². The minimum absolute atomic E-state index is 0. The number of nitrogens with one attached hydrogen (secondary N) is 2. The third-order valence-electron chi connectivity index (χ3n) is 2.74. The molecule has 0 bridgehead atoms. The van der Waals surface area contributed by atoms with E-state index in [1.807, 2.05) is 0 Å². The number of rotatable bonds is 3. The maximum absolute atomic E-state index is 11.3. The van der Waals surface area contributed by atoms with Crippen molar-refractivity contribution >= 4 is 40.0 Å². The maximum Gasteiger partial charge on any atom is 0.211 e. The Kier molecular flexibility index (Phi) is 7.33. The van der Waals surface area contributed by atoms with Gasteiger partial charge in [0.15, 0.2) is 5.96 Å². The molecule has 1 rings (SSSR count). The molecule has 1 aliphatic heterocycles. The van der Waals surface area contributed by atoms with Crippen molar-refractivity contribution < 1.29 is 8.42 Å². The standard InChI is InChI=1S/C9H20N4O2S.HI/c1-10-9(11-2)12-6-8-4-5-13(7-8)16(3,14)15;/h8H,4-7H2,1-3H3,(H2,10,11,12);1H. The Labute approximate surface area is 120 Å². The van der Waals surface area contributed by atoms with Crippen molar-refractivity contribution in [3.63, 3.8) is 0 Å². The van der Waals surface area contributed by atoms with Gasteiger partial charge in [-0.25, -0.2) is 12.7 Å². The molecular formula is C9H21IN4O2S. The van der Waals surface area contributed by atoms with Crippen molar-refractivity contribution in [1.82, 2.24) is 14.9 Å². The largest absolute Gasteiger partial charge is 0.359 e. The predicted octanol–water partition coefficient (Wildman–Crippen LogP) is -0.319. The summed E-state index contributed by atoms with van der Waals surface area (Å²) in [6.45, 7) is 1.98. The smallest absolute Gasteiger partial charge is 0.211 e. The van der Waals surface area contributed by atoms with Gasteiger partial charge < -0.3 is 10.6 Å². The number of aliphatic imine (C=N–C) groups is 1. The average Bonchev–Trinajstić information content (AvgIpc) is 2.67. The lowest BCUT2D eigenvalue weighted by molar-refractivity contribution is 0.459. The molecule has 1 unspecified atom stereocenters. The zero-order chi connectivity index (χ0) is 12.2. The van der Waals surface area contributed by atoms with Gasteiger partial charge in [0.1, 0.15) is 0 Å². The summed E-state index contributed by atoms with van der Waals surface area (Å²) in [6, 6.07) is 0. The molecule has 6 nitrogen and oxygen atoms in total. The molecule has 1 aliphatic rings. The molecule has 17 heavy (non-hydrogen) atoms. The van der Waals surface area contributed by atoms with Crippen LogP contribution in [0.3, 0.4) is 0 Å². The number of halogens is 1. The van der Waals surface area contributed by atoms with E-state index in [0.717, 1.165) is 18.9 Å². The van der Waals surface area contributed by atoms with Crippen LogP contribution in [-0.4, -0.2) is 58.7 Å². The van der Waals surface area contributed by atoms with E-state index in [1.165, 1.54) is 10.6 Å². The van der Waals surface area contributed by atoms with E-state index in [2.05, 4.69) is 15.6 Å². The lowest BCUT2D eigenvalue weighted by Gasteiger charge is -2.15. The second kappa shape index (κ2) is 7.37. The summed E-state index contributed by atoms with van der Waals surface area (Å²) in [7, 11) is 0.478. The van der Waals surface area contributed by atoms with Crippen LogP contribution < -0.4 is 10.6 Å². The number of hydrogen-bond donors (Lipinski definition) is 2. The number of sulfonamides is 1. The van der Waals surface area contributed by atoms with Crippen molar-refractivity contribution in [1.29, 1.82) is 0 Å². The van der Waals surface area contributed by atoms with E-state index in [-0.39, 0.29) is 24.0 Å². The van der Waals surface area contributed by atoms with Gasteiger partial charge in [-0.05, 0) is 12.3 Å². The Morgan fingerprint density at radius 3 is 2.59 bits per heavy atom. The molecule has 0 aromatic heterocycles. The highest BCUT2D eigenvalue weighted by Gasteiger charge is 2.28. The van der Waals surface area contributed by atoms with Crippen LogP contribution in [0.2, 0.25) is 0 Å². The molecule has 0 aromatic carbocycles. The Morgan fingerprint density at radius 1 is 1.53 bits per heavy atom. The highest BCUT2D eigenvalue weighted by Crippen LogP contribution is 2.17. The molecule has 0 saturated carbocycles. The molecule has 0 aliphatic carbocycles. The first-order valence-electron chi connectivity index (χ1n) is 5.31. The van der Waals surface area contributed by atoms with E-state index in [0.29, 0.717) is 19.0 Å². The van der Waals surface area contributed by atoms with Crippen LogP contribution in [0.25, 0.3) is 0 Å². The fraction of sp³-hybridized carbons (Fsp3) is 0.889. The van der Waals surface area contributed by atoms with Crippen LogP contribution in [0.4, 0.5) is 0 Å². The Bertz CT molecular complexity index is 358. The topological polar surface area (TPSA) is 73.8 Å². The van der Waals surface area contributed by atoms with Crippen molar-refractivity contribution in [3.05, 3.63) is 0 Å². The second-order valence-corrected chi connectivity index (χ2v) is 5.96.